The van der Waals surface area contributed by atoms with Crippen LogP contribution < -0.4 is 10.9 Å². The minimum absolute atomic E-state index is 0.0539. The van der Waals surface area contributed by atoms with E-state index in [0.29, 0.717) is 6.54 Å². The van der Waals surface area contributed by atoms with Gasteiger partial charge in [-0.1, -0.05) is 12.1 Å². The topological polar surface area (TPSA) is 46.9 Å². The van der Waals surface area contributed by atoms with Crippen molar-refractivity contribution in [2.75, 3.05) is 6.54 Å². The van der Waals surface area contributed by atoms with Gasteiger partial charge in [-0.05, 0) is 24.6 Å². The molecule has 0 aliphatic carbocycles. The summed E-state index contributed by atoms with van der Waals surface area (Å²) in [5.74, 6) is 0. The highest BCUT2D eigenvalue weighted by Gasteiger charge is 1.98. The number of hydrogen-bond donors (Lipinski definition) is 1. The second-order valence-corrected chi connectivity index (χ2v) is 4.20. The highest BCUT2D eigenvalue weighted by Crippen LogP contribution is 1.95. The monoisotopic (exact) mass is 243 g/mol. The Hall–Kier alpha value is -1.94. The van der Waals surface area contributed by atoms with Gasteiger partial charge in [-0.3, -0.25) is 9.78 Å². The highest BCUT2D eigenvalue weighted by molar-refractivity contribution is 5.08. The molecule has 0 amide bonds. The first-order valence-electron chi connectivity index (χ1n) is 6.03. The second-order valence-electron chi connectivity index (χ2n) is 4.20. The van der Waals surface area contributed by atoms with Crippen LogP contribution in [0.25, 0.3) is 0 Å². The third-order valence-corrected chi connectivity index (χ3v) is 2.83. The van der Waals surface area contributed by atoms with E-state index in [0.717, 1.165) is 24.3 Å². The Bertz CT molecular complexity index is 548. The van der Waals surface area contributed by atoms with Crippen molar-refractivity contribution in [1.29, 1.82) is 0 Å². The van der Waals surface area contributed by atoms with Crippen LogP contribution in [0, 0.1) is 6.92 Å². The normalized spacial score (nSPS) is 10.5. The molecule has 0 saturated carbocycles. The van der Waals surface area contributed by atoms with Crippen molar-refractivity contribution >= 4 is 0 Å². The summed E-state index contributed by atoms with van der Waals surface area (Å²) >= 11 is 0. The fourth-order valence-corrected chi connectivity index (χ4v) is 1.84. The first kappa shape index (κ1) is 12.5. The third kappa shape index (κ3) is 3.28. The van der Waals surface area contributed by atoms with Crippen LogP contribution in [0.5, 0.6) is 0 Å². The quantitative estimate of drug-likeness (QED) is 0.806. The van der Waals surface area contributed by atoms with Crippen molar-refractivity contribution in [1.82, 2.24) is 14.9 Å². The van der Waals surface area contributed by atoms with Crippen molar-refractivity contribution in [3.8, 4) is 0 Å². The fourth-order valence-electron chi connectivity index (χ4n) is 1.84. The molecule has 0 aliphatic rings. The van der Waals surface area contributed by atoms with Crippen LogP contribution in [-0.4, -0.2) is 16.1 Å². The van der Waals surface area contributed by atoms with Gasteiger partial charge in [-0.15, -0.1) is 0 Å². The van der Waals surface area contributed by atoms with E-state index in [2.05, 4.69) is 10.3 Å². The van der Waals surface area contributed by atoms with Crippen LogP contribution in [0.15, 0.2) is 47.5 Å². The first-order valence-corrected chi connectivity index (χ1v) is 6.03. The Morgan fingerprint density at radius 2 is 2.17 bits per heavy atom. The predicted molar refractivity (Wildman–Crippen MR) is 71.4 cm³/mol. The first-order chi connectivity index (χ1) is 8.77. The van der Waals surface area contributed by atoms with E-state index in [4.69, 9.17) is 0 Å². The van der Waals surface area contributed by atoms with E-state index >= 15 is 0 Å². The van der Waals surface area contributed by atoms with E-state index in [1.807, 2.05) is 31.3 Å². The number of rotatable bonds is 5. The molecular weight excluding hydrogens is 226 g/mol. The molecule has 0 aliphatic heterocycles. The maximum absolute atomic E-state index is 11.6. The Kier molecular flexibility index (Phi) is 4.25. The van der Waals surface area contributed by atoms with Crippen molar-refractivity contribution in [3.05, 3.63) is 64.3 Å². The van der Waals surface area contributed by atoms with Gasteiger partial charge in [0.2, 0.25) is 0 Å². The predicted octanol–water partition coefficient (Wildman–Crippen LogP) is 1.34. The zero-order valence-electron chi connectivity index (χ0n) is 10.5. The largest absolute Gasteiger partial charge is 0.312 e. The lowest BCUT2D eigenvalue weighted by Gasteiger charge is -2.10. The number of pyridine rings is 2. The van der Waals surface area contributed by atoms with E-state index in [1.165, 1.54) is 0 Å². The molecule has 2 aromatic rings. The molecule has 0 unspecified atom stereocenters. The summed E-state index contributed by atoms with van der Waals surface area (Å²) in [7, 11) is 0. The van der Waals surface area contributed by atoms with Gasteiger partial charge >= 0.3 is 0 Å². The molecule has 4 nitrogen and oxygen atoms in total. The summed E-state index contributed by atoms with van der Waals surface area (Å²) < 4.78 is 1.77. The summed E-state index contributed by atoms with van der Waals surface area (Å²) in [5, 5.41) is 3.30. The number of hydrogen-bond acceptors (Lipinski definition) is 3. The number of nitrogens with one attached hydrogen (secondary N) is 1. The van der Waals surface area contributed by atoms with Crippen LogP contribution in [0.1, 0.15) is 11.3 Å². The maximum atomic E-state index is 11.6. The maximum Gasteiger partial charge on any atom is 0.250 e. The Labute approximate surface area is 106 Å². The van der Waals surface area contributed by atoms with Crippen LogP contribution in [0.3, 0.4) is 0 Å². The Morgan fingerprint density at radius 1 is 1.28 bits per heavy atom. The zero-order valence-corrected chi connectivity index (χ0v) is 10.5. The van der Waals surface area contributed by atoms with Crippen molar-refractivity contribution < 1.29 is 0 Å². The van der Waals surface area contributed by atoms with Gasteiger partial charge in [0.15, 0.2) is 0 Å². The van der Waals surface area contributed by atoms with Gasteiger partial charge in [0.25, 0.3) is 5.56 Å². The standard InChI is InChI=1S/C14H17N3O/c1-12-4-2-6-14(18)17(12)9-8-16-11-13-5-3-7-15-10-13/h2-7,10,16H,8-9,11H2,1H3. The average molecular weight is 243 g/mol. The molecule has 0 radical (unpaired) electrons. The Balaban J connectivity index is 1.84. The summed E-state index contributed by atoms with van der Waals surface area (Å²) in [6.45, 7) is 4.17. The van der Waals surface area contributed by atoms with Crippen molar-refractivity contribution in [2.45, 2.75) is 20.0 Å². The average Bonchev–Trinajstić information content (AvgIpc) is 2.38. The molecule has 0 aromatic carbocycles. The summed E-state index contributed by atoms with van der Waals surface area (Å²) in [5.41, 5.74) is 2.19. The molecule has 1 N–H and O–H groups in total. The highest BCUT2D eigenvalue weighted by atomic mass is 16.1. The lowest BCUT2D eigenvalue weighted by Crippen LogP contribution is -2.27. The van der Waals surface area contributed by atoms with Crippen LogP contribution in [-0.2, 0) is 13.1 Å². The van der Waals surface area contributed by atoms with Crippen molar-refractivity contribution in [2.24, 2.45) is 0 Å². The summed E-state index contributed by atoms with van der Waals surface area (Å²) in [6, 6.07) is 9.27. The second kappa shape index (κ2) is 6.12. The molecule has 18 heavy (non-hydrogen) atoms. The minimum Gasteiger partial charge on any atom is -0.312 e. The van der Waals surface area contributed by atoms with E-state index in [1.54, 1.807) is 22.9 Å². The molecule has 0 fully saturated rings. The molecule has 94 valence electrons. The smallest absolute Gasteiger partial charge is 0.250 e. The lowest BCUT2D eigenvalue weighted by atomic mass is 10.3. The van der Waals surface area contributed by atoms with Crippen LogP contribution in [0.4, 0.5) is 0 Å². The molecule has 2 rings (SSSR count). The minimum atomic E-state index is 0.0539. The van der Waals surface area contributed by atoms with Gasteiger partial charge in [-0.25, -0.2) is 0 Å². The molecule has 2 heterocycles. The van der Waals surface area contributed by atoms with E-state index < -0.39 is 0 Å². The van der Waals surface area contributed by atoms with Crippen LogP contribution in [0.2, 0.25) is 0 Å². The molecule has 0 atom stereocenters. The van der Waals surface area contributed by atoms with Gasteiger partial charge < -0.3 is 9.88 Å². The molecule has 0 saturated heterocycles. The van der Waals surface area contributed by atoms with Gasteiger partial charge in [0.1, 0.15) is 0 Å². The molecule has 2 aromatic heterocycles. The number of aromatic nitrogens is 2. The zero-order chi connectivity index (χ0) is 12.8. The van der Waals surface area contributed by atoms with Crippen LogP contribution >= 0.6 is 0 Å². The molecule has 0 spiro atoms. The Morgan fingerprint density at radius 3 is 2.89 bits per heavy atom. The van der Waals surface area contributed by atoms with Crippen molar-refractivity contribution in [3.63, 3.8) is 0 Å². The number of nitrogens with zero attached hydrogens (tertiary/aromatic N) is 2. The molecule has 0 bridgehead atoms. The summed E-state index contributed by atoms with van der Waals surface area (Å²) in [6.07, 6.45) is 3.60. The number of aryl methyl sites for hydroxylation is 1. The van der Waals surface area contributed by atoms with E-state index in [-0.39, 0.29) is 5.56 Å². The fraction of sp³-hybridized carbons (Fsp3) is 0.286. The molecule has 4 heteroatoms. The summed E-state index contributed by atoms with van der Waals surface area (Å²) in [4.78, 5) is 15.7. The van der Waals surface area contributed by atoms with Gasteiger partial charge in [0, 0.05) is 43.8 Å². The molecular formula is C14H17N3O. The lowest BCUT2D eigenvalue weighted by molar-refractivity contribution is 0.575. The van der Waals surface area contributed by atoms with Gasteiger partial charge in [0.05, 0.1) is 0 Å². The van der Waals surface area contributed by atoms with E-state index in [9.17, 15) is 4.79 Å². The third-order valence-electron chi connectivity index (χ3n) is 2.83. The van der Waals surface area contributed by atoms with Gasteiger partial charge in [-0.2, -0.15) is 0 Å². The SMILES string of the molecule is Cc1cccc(=O)n1CCNCc1cccnc1.